The Labute approximate surface area is 172 Å². The van der Waals surface area contributed by atoms with Gasteiger partial charge in [-0.25, -0.2) is 0 Å². The SMILES string of the molecule is O=C(Cc1cccc2ccccc12)NCC(=O)OCC(=O)Nc1ccccc1Cl. The monoisotopic (exact) mass is 410 g/mol. The fraction of sp³-hybridized carbons (Fsp3) is 0.136. The normalized spacial score (nSPS) is 10.4. The van der Waals surface area contributed by atoms with Crippen molar-refractivity contribution in [2.45, 2.75) is 6.42 Å². The molecule has 0 saturated heterocycles. The summed E-state index contributed by atoms with van der Waals surface area (Å²) in [5.74, 6) is -1.53. The van der Waals surface area contributed by atoms with E-state index < -0.39 is 18.5 Å². The van der Waals surface area contributed by atoms with Gasteiger partial charge in [0.25, 0.3) is 5.91 Å². The van der Waals surface area contributed by atoms with E-state index in [0.29, 0.717) is 10.7 Å². The smallest absolute Gasteiger partial charge is 0.325 e. The third-order valence-corrected chi connectivity index (χ3v) is 4.50. The van der Waals surface area contributed by atoms with E-state index in [1.807, 2.05) is 42.5 Å². The first-order chi connectivity index (χ1) is 14.0. The Balaban J connectivity index is 1.43. The van der Waals surface area contributed by atoms with Gasteiger partial charge in [-0.05, 0) is 28.5 Å². The molecule has 0 atom stereocenters. The van der Waals surface area contributed by atoms with Crippen molar-refractivity contribution in [2.24, 2.45) is 0 Å². The molecule has 0 aliphatic rings. The van der Waals surface area contributed by atoms with Crippen LogP contribution in [0.15, 0.2) is 66.7 Å². The molecule has 0 heterocycles. The second-order valence-corrected chi connectivity index (χ2v) is 6.69. The summed E-state index contributed by atoms with van der Waals surface area (Å²) in [5.41, 5.74) is 1.30. The fourth-order valence-corrected chi connectivity index (χ4v) is 2.98. The summed E-state index contributed by atoms with van der Waals surface area (Å²) >= 11 is 5.95. The topological polar surface area (TPSA) is 84.5 Å². The highest BCUT2D eigenvalue weighted by Gasteiger charge is 2.12. The molecule has 7 heteroatoms. The van der Waals surface area contributed by atoms with E-state index in [0.717, 1.165) is 16.3 Å². The number of hydrogen-bond acceptors (Lipinski definition) is 4. The quantitative estimate of drug-likeness (QED) is 0.585. The van der Waals surface area contributed by atoms with Crippen molar-refractivity contribution in [3.63, 3.8) is 0 Å². The van der Waals surface area contributed by atoms with Crippen LogP contribution in [0.4, 0.5) is 5.69 Å². The minimum atomic E-state index is -0.703. The molecule has 3 rings (SSSR count). The highest BCUT2D eigenvalue weighted by atomic mass is 35.5. The maximum atomic E-state index is 12.2. The minimum Gasteiger partial charge on any atom is -0.454 e. The lowest BCUT2D eigenvalue weighted by atomic mass is 10.0. The number of halogens is 1. The molecule has 148 valence electrons. The maximum absolute atomic E-state index is 12.2. The van der Waals surface area contributed by atoms with E-state index in [9.17, 15) is 14.4 Å². The molecular formula is C22H19ClN2O4. The third-order valence-electron chi connectivity index (χ3n) is 4.17. The number of amides is 2. The van der Waals surface area contributed by atoms with Crippen molar-refractivity contribution in [3.05, 3.63) is 77.3 Å². The minimum absolute atomic E-state index is 0.141. The lowest BCUT2D eigenvalue weighted by molar-refractivity contribution is -0.147. The number of ether oxygens (including phenoxy) is 1. The molecule has 0 radical (unpaired) electrons. The van der Waals surface area contributed by atoms with Crippen LogP contribution < -0.4 is 10.6 Å². The van der Waals surface area contributed by atoms with Crippen LogP contribution in [-0.4, -0.2) is 30.9 Å². The first-order valence-corrected chi connectivity index (χ1v) is 9.34. The lowest BCUT2D eigenvalue weighted by Crippen LogP contribution is -2.33. The number of hydrogen-bond donors (Lipinski definition) is 2. The zero-order chi connectivity index (χ0) is 20.6. The fourth-order valence-electron chi connectivity index (χ4n) is 2.80. The van der Waals surface area contributed by atoms with Gasteiger partial charge in [-0.3, -0.25) is 14.4 Å². The third kappa shape index (κ3) is 5.80. The largest absolute Gasteiger partial charge is 0.454 e. The average Bonchev–Trinajstić information content (AvgIpc) is 2.73. The molecule has 2 amide bonds. The molecule has 0 aromatic heterocycles. The Kier molecular flexibility index (Phi) is 6.81. The molecule has 0 bridgehead atoms. The Morgan fingerprint density at radius 1 is 0.862 bits per heavy atom. The summed E-state index contributed by atoms with van der Waals surface area (Å²) in [7, 11) is 0. The Morgan fingerprint density at radius 2 is 1.59 bits per heavy atom. The number of fused-ring (bicyclic) bond motifs is 1. The predicted molar refractivity (Wildman–Crippen MR) is 112 cm³/mol. The van der Waals surface area contributed by atoms with E-state index in [4.69, 9.17) is 16.3 Å². The van der Waals surface area contributed by atoms with Crippen LogP contribution >= 0.6 is 11.6 Å². The Hall–Kier alpha value is -3.38. The van der Waals surface area contributed by atoms with Gasteiger partial charge in [-0.2, -0.15) is 0 Å². The summed E-state index contributed by atoms with van der Waals surface area (Å²) in [5, 5.41) is 7.47. The molecule has 6 nitrogen and oxygen atoms in total. The summed E-state index contributed by atoms with van der Waals surface area (Å²) in [6.07, 6.45) is 0.141. The van der Waals surface area contributed by atoms with E-state index in [1.54, 1.807) is 24.3 Å². The van der Waals surface area contributed by atoms with Crippen LogP contribution in [0.2, 0.25) is 5.02 Å². The van der Waals surface area contributed by atoms with Gasteiger partial charge in [-0.15, -0.1) is 0 Å². The number of anilines is 1. The zero-order valence-electron chi connectivity index (χ0n) is 15.5. The van der Waals surface area contributed by atoms with Gasteiger partial charge in [0.1, 0.15) is 6.54 Å². The van der Waals surface area contributed by atoms with Crippen LogP contribution in [0.1, 0.15) is 5.56 Å². The molecule has 0 aliphatic heterocycles. The molecule has 0 unspecified atom stereocenters. The summed E-state index contributed by atoms with van der Waals surface area (Å²) in [6.45, 7) is -0.785. The van der Waals surface area contributed by atoms with Crippen molar-refractivity contribution in [2.75, 3.05) is 18.5 Å². The van der Waals surface area contributed by atoms with Gasteiger partial charge in [0, 0.05) is 0 Å². The van der Waals surface area contributed by atoms with Crippen LogP contribution in [0.3, 0.4) is 0 Å². The molecule has 0 aliphatic carbocycles. The van der Waals surface area contributed by atoms with Crippen molar-refractivity contribution >= 4 is 45.8 Å². The number of nitrogens with one attached hydrogen (secondary N) is 2. The van der Waals surface area contributed by atoms with Crippen molar-refractivity contribution < 1.29 is 19.1 Å². The van der Waals surface area contributed by atoms with Crippen LogP contribution in [0, 0.1) is 0 Å². The van der Waals surface area contributed by atoms with Gasteiger partial charge < -0.3 is 15.4 Å². The molecule has 0 saturated carbocycles. The number of rotatable bonds is 7. The highest BCUT2D eigenvalue weighted by Crippen LogP contribution is 2.20. The van der Waals surface area contributed by atoms with Crippen molar-refractivity contribution in [1.29, 1.82) is 0 Å². The van der Waals surface area contributed by atoms with E-state index in [-0.39, 0.29) is 18.9 Å². The summed E-state index contributed by atoms with van der Waals surface area (Å²) in [6, 6.07) is 20.2. The lowest BCUT2D eigenvalue weighted by Gasteiger charge is -2.09. The van der Waals surface area contributed by atoms with Gasteiger partial charge in [0.15, 0.2) is 6.61 Å². The molecule has 2 N–H and O–H groups in total. The van der Waals surface area contributed by atoms with E-state index in [2.05, 4.69) is 10.6 Å². The second-order valence-electron chi connectivity index (χ2n) is 6.28. The van der Waals surface area contributed by atoms with Gasteiger partial charge >= 0.3 is 5.97 Å². The highest BCUT2D eigenvalue weighted by molar-refractivity contribution is 6.33. The zero-order valence-corrected chi connectivity index (χ0v) is 16.2. The summed E-state index contributed by atoms with van der Waals surface area (Å²) in [4.78, 5) is 35.8. The van der Waals surface area contributed by atoms with Crippen LogP contribution in [0.5, 0.6) is 0 Å². The first-order valence-electron chi connectivity index (χ1n) is 8.96. The van der Waals surface area contributed by atoms with Crippen LogP contribution in [-0.2, 0) is 25.5 Å². The van der Waals surface area contributed by atoms with Crippen molar-refractivity contribution in [3.8, 4) is 0 Å². The number of carbonyl (C=O) groups excluding carboxylic acids is 3. The molecule has 0 spiro atoms. The van der Waals surface area contributed by atoms with Crippen molar-refractivity contribution in [1.82, 2.24) is 5.32 Å². The van der Waals surface area contributed by atoms with E-state index >= 15 is 0 Å². The number of esters is 1. The predicted octanol–water partition coefficient (Wildman–Crippen LogP) is 3.33. The van der Waals surface area contributed by atoms with Gasteiger partial charge in [-0.1, -0.05) is 66.2 Å². The number of benzene rings is 3. The molecule has 29 heavy (non-hydrogen) atoms. The number of para-hydroxylation sites is 1. The van der Waals surface area contributed by atoms with E-state index in [1.165, 1.54) is 0 Å². The van der Waals surface area contributed by atoms with Gasteiger partial charge in [0.05, 0.1) is 17.1 Å². The average molecular weight is 411 g/mol. The first kappa shape index (κ1) is 20.4. The Bertz CT molecular complexity index is 1050. The molecule has 3 aromatic carbocycles. The molecule has 0 fully saturated rings. The number of carbonyl (C=O) groups is 3. The second kappa shape index (κ2) is 9.71. The maximum Gasteiger partial charge on any atom is 0.325 e. The molecular weight excluding hydrogens is 392 g/mol. The van der Waals surface area contributed by atoms with Gasteiger partial charge in [0.2, 0.25) is 5.91 Å². The standard InChI is InChI=1S/C22H19ClN2O4/c23-18-10-3-4-11-19(18)25-21(27)14-29-22(28)13-24-20(26)12-16-8-5-7-15-6-1-2-9-17(15)16/h1-11H,12-14H2,(H,24,26)(H,25,27). The van der Waals surface area contributed by atoms with Crippen LogP contribution in [0.25, 0.3) is 10.8 Å². The summed E-state index contributed by atoms with van der Waals surface area (Å²) < 4.78 is 4.88. The Morgan fingerprint density at radius 3 is 2.41 bits per heavy atom. The molecule has 3 aromatic rings.